The van der Waals surface area contributed by atoms with Gasteiger partial charge in [0.05, 0.1) is 0 Å². The van der Waals surface area contributed by atoms with Crippen molar-refractivity contribution in [1.29, 1.82) is 0 Å². The van der Waals surface area contributed by atoms with Crippen molar-refractivity contribution in [2.24, 2.45) is 0 Å². The van der Waals surface area contributed by atoms with E-state index in [9.17, 15) is 9.59 Å². The summed E-state index contributed by atoms with van der Waals surface area (Å²) in [6.07, 6.45) is 36.6. The molecule has 0 aromatic rings. The molecule has 37 heavy (non-hydrogen) atoms. The van der Waals surface area contributed by atoms with E-state index in [1.54, 1.807) is 0 Å². The van der Waals surface area contributed by atoms with Crippen LogP contribution in [-0.2, 0) is 36.9 Å². The minimum atomic E-state index is -0.666. The van der Waals surface area contributed by atoms with Crippen LogP contribution in [0, 0.1) is 0 Å². The Bertz CT molecular complexity index is 471. The Morgan fingerprint density at radius 1 is 0.432 bits per heavy atom. The van der Waals surface area contributed by atoms with Crippen LogP contribution >= 0.6 is 0 Å². The van der Waals surface area contributed by atoms with Gasteiger partial charge in [-0.3, -0.25) is 9.59 Å². The Morgan fingerprint density at radius 2 is 0.676 bits per heavy atom. The van der Waals surface area contributed by atoms with E-state index in [1.807, 2.05) is 0 Å². The molecule has 0 bridgehead atoms. The van der Waals surface area contributed by atoms with E-state index in [0.29, 0.717) is 12.8 Å². The molecule has 0 spiro atoms. The standard InChI is InChI=1S/2C16H30O2.Cd/c2*1-2-3-4-5-6-7-8-9-10-11-12-13-14-15-16(17)18;/h2*7-8H,2-6,9-15H2,1H3,(H,17,18);/b2*8-7-;. The monoisotopic (exact) mass is 622 g/mol. The number of aliphatic carboxylic acids is 2. The van der Waals surface area contributed by atoms with Crippen LogP contribution in [0.3, 0.4) is 0 Å². The Balaban J connectivity index is -0.000000608. The molecule has 0 heterocycles. The molecule has 0 aliphatic carbocycles. The minimum Gasteiger partial charge on any atom is -0.481 e. The summed E-state index contributed by atoms with van der Waals surface area (Å²) < 4.78 is 0. The molecular formula is C32H60CdO4. The van der Waals surface area contributed by atoms with Crippen molar-refractivity contribution in [2.75, 3.05) is 0 Å². The largest absolute Gasteiger partial charge is 0.481 e. The molecule has 4 nitrogen and oxygen atoms in total. The first kappa shape index (κ1) is 40.8. The quantitative estimate of drug-likeness (QED) is 0.0573. The zero-order valence-corrected chi connectivity index (χ0v) is 28.7. The maximum Gasteiger partial charge on any atom is 0.303 e. The van der Waals surface area contributed by atoms with Crippen LogP contribution in [0.15, 0.2) is 24.3 Å². The van der Waals surface area contributed by atoms with Gasteiger partial charge in [-0.1, -0.05) is 115 Å². The molecule has 2 N–H and O–H groups in total. The summed E-state index contributed by atoms with van der Waals surface area (Å²) in [5.41, 5.74) is 0. The van der Waals surface area contributed by atoms with E-state index >= 15 is 0 Å². The summed E-state index contributed by atoms with van der Waals surface area (Å²) in [5, 5.41) is 17.0. The number of hydrogen-bond donors (Lipinski definition) is 2. The van der Waals surface area contributed by atoms with Crippen molar-refractivity contribution >= 4 is 11.9 Å². The average molecular weight is 621 g/mol. The van der Waals surface area contributed by atoms with E-state index in [1.165, 1.54) is 116 Å². The minimum absolute atomic E-state index is 0. The number of unbranched alkanes of at least 4 members (excludes halogenated alkanes) is 18. The fraction of sp³-hybridized carbons (Fsp3) is 0.812. The number of rotatable bonds is 26. The zero-order valence-electron chi connectivity index (χ0n) is 24.7. The van der Waals surface area contributed by atoms with Gasteiger partial charge in [-0.2, -0.15) is 0 Å². The van der Waals surface area contributed by atoms with Crippen LogP contribution in [0.2, 0.25) is 0 Å². The van der Waals surface area contributed by atoms with Gasteiger partial charge in [0.1, 0.15) is 0 Å². The Morgan fingerprint density at radius 3 is 0.946 bits per heavy atom. The molecule has 0 aliphatic heterocycles. The van der Waals surface area contributed by atoms with Crippen LogP contribution in [0.5, 0.6) is 0 Å². The molecule has 0 aromatic heterocycles. The SMILES string of the molecule is CCCCCC/C=C\CCCCCCCC(=O)O.CCCCCC/C=C\CCCCCCCC(=O)O.[Cd]. The Hall–Kier alpha value is -0.658. The van der Waals surface area contributed by atoms with Gasteiger partial charge in [0, 0.05) is 40.1 Å². The van der Waals surface area contributed by atoms with Gasteiger partial charge in [0.25, 0.3) is 0 Å². The predicted octanol–water partition coefficient (Wildman–Crippen LogP) is 10.7. The summed E-state index contributed by atoms with van der Waals surface area (Å²) in [6.45, 7) is 4.48. The van der Waals surface area contributed by atoms with Gasteiger partial charge in [0.15, 0.2) is 0 Å². The fourth-order valence-corrected chi connectivity index (χ4v) is 3.99. The normalized spacial score (nSPS) is 10.9. The van der Waals surface area contributed by atoms with Gasteiger partial charge in [0.2, 0.25) is 0 Å². The van der Waals surface area contributed by atoms with Crippen LogP contribution in [0.25, 0.3) is 0 Å². The molecule has 5 heteroatoms. The van der Waals surface area contributed by atoms with E-state index in [-0.39, 0.29) is 27.3 Å². The molecule has 214 valence electrons. The molecule has 0 amide bonds. The molecule has 0 radical (unpaired) electrons. The predicted molar refractivity (Wildman–Crippen MR) is 156 cm³/mol. The molecule has 0 fully saturated rings. The summed E-state index contributed by atoms with van der Waals surface area (Å²) >= 11 is 0. The summed E-state index contributed by atoms with van der Waals surface area (Å²) in [6, 6.07) is 0. The molecule has 0 unspecified atom stereocenters. The van der Waals surface area contributed by atoms with Gasteiger partial charge >= 0.3 is 11.9 Å². The van der Waals surface area contributed by atoms with Crippen molar-refractivity contribution in [3.05, 3.63) is 24.3 Å². The smallest absolute Gasteiger partial charge is 0.303 e. The average Bonchev–Trinajstić information content (AvgIpc) is 2.85. The van der Waals surface area contributed by atoms with Gasteiger partial charge in [-0.05, 0) is 64.2 Å². The Labute approximate surface area is 250 Å². The number of hydrogen-bond acceptors (Lipinski definition) is 2. The van der Waals surface area contributed by atoms with Crippen LogP contribution < -0.4 is 0 Å². The second kappa shape index (κ2) is 37.5. The first-order valence-electron chi connectivity index (χ1n) is 15.3. The second-order valence-corrected chi connectivity index (χ2v) is 10.0. The first-order valence-corrected chi connectivity index (χ1v) is 15.3. The number of carbonyl (C=O) groups is 2. The second-order valence-electron chi connectivity index (χ2n) is 10.0. The number of allylic oxidation sites excluding steroid dienone is 4. The molecule has 0 saturated heterocycles. The van der Waals surface area contributed by atoms with Gasteiger partial charge in [-0.25, -0.2) is 0 Å². The third-order valence-corrected chi connectivity index (χ3v) is 6.30. The van der Waals surface area contributed by atoms with Crippen molar-refractivity contribution < 1.29 is 47.1 Å². The van der Waals surface area contributed by atoms with Crippen molar-refractivity contribution in [1.82, 2.24) is 0 Å². The van der Waals surface area contributed by atoms with E-state index in [4.69, 9.17) is 10.2 Å². The number of carboxylic acid groups (broad SMARTS) is 2. The van der Waals surface area contributed by atoms with Crippen LogP contribution in [0.1, 0.15) is 168 Å². The molecule has 0 aliphatic rings. The van der Waals surface area contributed by atoms with Crippen molar-refractivity contribution in [3.8, 4) is 0 Å². The maximum absolute atomic E-state index is 10.3. The third kappa shape index (κ3) is 45.6. The molecular weight excluding hydrogens is 561 g/mol. The van der Waals surface area contributed by atoms with Crippen molar-refractivity contribution in [2.45, 2.75) is 168 Å². The first-order chi connectivity index (χ1) is 17.5. The molecule has 0 atom stereocenters. The molecule has 0 rings (SSSR count). The number of carboxylic acids is 2. The summed E-state index contributed by atoms with van der Waals surface area (Å²) in [5.74, 6) is -1.33. The topological polar surface area (TPSA) is 74.6 Å². The molecule has 0 aromatic carbocycles. The van der Waals surface area contributed by atoms with E-state index < -0.39 is 11.9 Å². The third-order valence-electron chi connectivity index (χ3n) is 6.30. The Kier molecular flexibility index (Phi) is 41.4. The van der Waals surface area contributed by atoms with E-state index in [2.05, 4.69) is 38.2 Å². The van der Waals surface area contributed by atoms with Crippen LogP contribution in [0.4, 0.5) is 0 Å². The summed E-state index contributed by atoms with van der Waals surface area (Å²) in [4.78, 5) is 20.6. The van der Waals surface area contributed by atoms with Gasteiger partial charge in [-0.15, -0.1) is 0 Å². The summed E-state index contributed by atoms with van der Waals surface area (Å²) in [7, 11) is 0. The maximum atomic E-state index is 10.3. The van der Waals surface area contributed by atoms with Crippen molar-refractivity contribution in [3.63, 3.8) is 0 Å². The molecule has 0 saturated carbocycles. The zero-order chi connectivity index (χ0) is 27.0. The van der Waals surface area contributed by atoms with Crippen LogP contribution in [-0.4, -0.2) is 22.2 Å². The fourth-order valence-electron chi connectivity index (χ4n) is 3.99. The van der Waals surface area contributed by atoms with E-state index in [0.717, 1.165) is 25.7 Å². The van der Waals surface area contributed by atoms with Gasteiger partial charge < -0.3 is 10.2 Å².